The van der Waals surface area contributed by atoms with Crippen molar-refractivity contribution in [2.24, 2.45) is 5.92 Å². The fraction of sp³-hybridized carbons (Fsp3) is 0.583. The molecule has 1 saturated heterocycles. The summed E-state index contributed by atoms with van der Waals surface area (Å²) >= 11 is 0. The highest BCUT2D eigenvalue weighted by Gasteiger charge is 2.22. The fourth-order valence-corrected chi connectivity index (χ4v) is 2.07. The molecule has 0 N–H and O–H groups in total. The summed E-state index contributed by atoms with van der Waals surface area (Å²) in [7, 11) is 1.34. The van der Waals surface area contributed by atoms with Gasteiger partial charge in [0.2, 0.25) is 0 Å². The number of esters is 1. The van der Waals surface area contributed by atoms with E-state index in [-0.39, 0.29) is 5.69 Å². The van der Waals surface area contributed by atoms with Crippen LogP contribution >= 0.6 is 0 Å². The predicted molar refractivity (Wildman–Crippen MR) is 64.0 cm³/mol. The van der Waals surface area contributed by atoms with Gasteiger partial charge >= 0.3 is 5.97 Å². The Balaban J connectivity index is 2.06. The van der Waals surface area contributed by atoms with Crippen LogP contribution in [0.3, 0.4) is 0 Å². The summed E-state index contributed by atoms with van der Waals surface area (Å²) in [5, 5.41) is 0. The molecular formula is C12H17N3O2. The monoisotopic (exact) mass is 235 g/mol. The predicted octanol–water partition coefficient (Wildman–Crippen LogP) is 1.50. The molecule has 1 fully saturated rings. The lowest BCUT2D eigenvalue weighted by molar-refractivity contribution is 0.0593. The van der Waals surface area contributed by atoms with Crippen LogP contribution in [0.1, 0.15) is 30.3 Å². The first-order valence-corrected chi connectivity index (χ1v) is 5.90. The summed E-state index contributed by atoms with van der Waals surface area (Å²) in [5.74, 6) is 1.14. The summed E-state index contributed by atoms with van der Waals surface area (Å²) in [6, 6.07) is 0. The number of methoxy groups -OCH3 is 1. The molecule has 5 heteroatoms. The van der Waals surface area contributed by atoms with Crippen LogP contribution in [-0.4, -0.2) is 36.1 Å². The first-order chi connectivity index (χ1) is 8.24. The molecule has 92 valence electrons. The van der Waals surface area contributed by atoms with E-state index in [9.17, 15) is 4.79 Å². The second-order valence-electron chi connectivity index (χ2n) is 4.26. The van der Waals surface area contributed by atoms with E-state index in [1.54, 1.807) is 6.20 Å². The van der Waals surface area contributed by atoms with Crippen molar-refractivity contribution in [2.75, 3.05) is 25.1 Å². The average Bonchev–Trinajstić information content (AvgIpc) is 2.87. The first kappa shape index (κ1) is 11.8. The zero-order chi connectivity index (χ0) is 12.3. The van der Waals surface area contributed by atoms with Crippen molar-refractivity contribution in [2.45, 2.75) is 19.8 Å². The van der Waals surface area contributed by atoms with E-state index in [1.165, 1.54) is 26.1 Å². The summed E-state index contributed by atoms with van der Waals surface area (Å²) in [4.78, 5) is 21.7. The molecule has 1 aliphatic heterocycles. The van der Waals surface area contributed by atoms with Crippen molar-refractivity contribution in [1.29, 1.82) is 0 Å². The van der Waals surface area contributed by atoms with Crippen molar-refractivity contribution < 1.29 is 9.53 Å². The summed E-state index contributed by atoms with van der Waals surface area (Å²) in [6.45, 7) is 4.26. The number of hydrogen-bond acceptors (Lipinski definition) is 5. The Kier molecular flexibility index (Phi) is 3.56. The molecule has 1 aliphatic rings. The maximum Gasteiger partial charge on any atom is 0.358 e. The van der Waals surface area contributed by atoms with Gasteiger partial charge in [-0.3, -0.25) is 0 Å². The molecule has 17 heavy (non-hydrogen) atoms. The lowest BCUT2D eigenvalue weighted by atomic mass is 10.1. The third-order valence-electron chi connectivity index (χ3n) is 3.22. The summed E-state index contributed by atoms with van der Waals surface area (Å²) in [6.07, 6.45) is 5.52. The molecule has 1 aromatic rings. The van der Waals surface area contributed by atoms with E-state index >= 15 is 0 Å². The number of nitrogens with zero attached hydrogens (tertiary/aromatic N) is 3. The number of carbonyl (C=O) groups excluding carboxylic acids is 1. The minimum atomic E-state index is -0.447. The van der Waals surface area contributed by atoms with Gasteiger partial charge in [-0.2, -0.15) is 0 Å². The molecule has 5 nitrogen and oxygen atoms in total. The normalized spacial score (nSPS) is 19.4. The molecular weight excluding hydrogens is 218 g/mol. The van der Waals surface area contributed by atoms with Crippen LogP contribution in [0.2, 0.25) is 0 Å². The first-order valence-electron chi connectivity index (χ1n) is 5.90. The lowest BCUT2D eigenvalue weighted by Crippen LogP contribution is -2.21. The lowest BCUT2D eigenvalue weighted by Gasteiger charge is -2.16. The number of hydrogen-bond donors (Lipinski definition) is 0. The highest BCUT2D eigenvalue weighted by Crippen LogP contribution is 2.23. The zero-order valence-electron chi connectivity index (χ0n) is 10.2. The molecule has 0 spiro atoms. The van der Waals surface area contributed by atoms with Gasteiger partial charge in [-0.05, 0) is 12.3 Å². The van der Waals surface area contributed by atoms with E-state index in [4.69, 9.17) is 0 Å². The Labute approximate surface area is 101 Å². The number of ether oxygens (including phenoxy) is 1. The summed E-state index contributed by atoms with van der Waals surface area (Å²) < 4.78 is 4.58. The van der Waals surface area contributed by atoms with Crippen LogP contribution in [0.15, 0.2) is 12.4 Å². The molecule has 0 saturated carbocycles. The second kappa shape index (κ2) is 5.12. The van der Waals surface area contributed by atoms with E-state index in [2.05, 4.69) is 26.5 Å². The van der Waals surface area contributed by atoms with Crippen molar-refractivity contribution >= 4 is 11.8 Å². The van der Waals surface area contributed by atoms with Gasteiger partial charge in [0.1, 0.15) is 5.82 Å². The molecule has 2 rings (SSSR count). The highest BCUT2D eigenvalue weighted by molar-refractivity contribution is 5.86. The van der Waals surface area contributed by atoms with Crippen LogP contribution < -0.4 is 4.90 Å². The maximum absolute atomic E-state index is 11.2. The maximum atomic E-state index is 11.2. The third-order valence-corrected chi connectivity index (χ3v) is 3.22. The molecule has 1 atom stereocenters. The highest BCUT2D eigenvalue weighted by atomic mass is 16.5. The van der Waals surface area contributed by atoms with E-state index in [0.717, 1.165) is 24.8 Å². The number of aromatic nitrogens is 2. The number of anilines is 1. The minimum Gasteiger partial charge on any atom is -0.464 e. The summed E-state index contributed by atoms with van der Waals surface area (Å²) in [5.41, 5.74) is 0.252. The van der Waals surface area contributed by atoms with Crippen molar-refractivity contribution in [3.05, 3.63) is 18.1 Å². The SMILES string of the molecule is CCC1CCN(c2cnc(C(=O)OC)cn2)C1. The van der Waals surface area contributed by atoms with Crippen molar-refractivity contribution in [3.63, 3.8) is 0 Å². The molecule has 0 aromatic carbocycles. The molecule has 1 aromatic heterocycles. The molecule has 0 bridgehead atoms. The van der Waals surface area contributed by atoms with Crippen LogP contribution in [0.4, 0.5) is 5.82 Å². The Morgan fingerprint density at radius 2 is 2.35 bits per heavy atom. The molecule has 0 radical (unpaired) electrons. The molecule has 0 aliphatic carbocycles. The van der Waals surface area contributed by atoms with E-state index in [1.807, 2.05) is 0 Å². The van der Waals surface area contributed by atoms with E-state index in [0.29, 0.717) is 0 Å². The van der Waals surface area contributed by atoms with Crippen LogP contribution in [0, 0.1) is 5.92 Å². The van der Waals surface area contributed by atoms with Gasteiger partial charge in [0.15, 0.2) is 5.69 Å². The number of rotatable bonds is 3. The van der Waals surface area contributed by atoms with Gasteiger partial charge in [-0.25, -0.2) is 14.8 Å². The fourth-order valence-electron chi connectivity index (χ4n) is 2.07. The van der Waals surface area contributed by atoms with Gasteiger partial charge in [-0.1, -0.05) is 13.3 Å². The zero-order valence-corrected chi connectivity index (χ0v) is 10.2. The topological polar surface area (TPSA) is 55.3 Å². The standard InChI is InChI=1S/C12H17N3O2/c1-3-9-4-5-15(8-9)11-7-13-10(6-14-11)12(16)17-2/h6-7,9H,3-5,8H2,1-2H3. The van der Waals surface area contributed by atoms with Gasteiger partial charge in [-0.15, -0.1) is 0 Å². The van der Waals surface area contributed by atoms with Crippen molar-refractivity contribution in [3.8, 4) is 0 Å². The van der Waals surface area contributed by atoms with Gasteiger partial charge < -0.3 is 9.64 Å². The van der Waals surface area contributed by atoms with Crippen LogP contribution in [0.25, 0.3) is 0 Å². The van der Waals surface area contributed by atoms with Crippen LogP contribution in [0.5, 0.6) is 0 Å². The van der Waals surface area contributed by atoms with Gasteiger partial charge in [0.25, 0.3) is 0 Å². The third kappa shape index (κ3) is 2.54. The molecule has 1 unspecified atom stereocenters. The Hall–Kier alpha value is -1.65. The molecule has 2 heterocycles. The Morgan fingerprint density at radius 3 is 2.88 bits per heavy atom. The molecule has 0 amide bonds. The average molecular weight is 235 g/mol. The van der Waals surface area contributed by atoms with Gasteiger partial charge in [0.05, 0.1) is 19.5 Å². The quantitative estimate of drug-likeness (QED) is 0.743. The Morgan fingerprint density at radius 1 is 1.53 bits per heavy atom. The minimum absolute atomic E-state index is 0.252. The van der Waals surface area contributed by atoms with Crippen LogP contribution in [-0.2, 0) is 4.74 Å². The van der Waals surface area contributed by atoms with E-state index < -0.39 is 5.97 Å². The Bertz CT molecular complexity index is 391. The number of carbonyl (C=O) groups is 1. The largest absolute Gasteiger partial charge is 0.464 e. The van der Waals surface area contributed by atoms with Crippen molar-refractivity contribution in [1.82, 2.24) is 9.97 Å². The van der Waals surface area contributed by atoms with Gasteiger partial charge in [0, 0.05) is 13.1 Å². The smallest absolute Gasteiger partial charge is 0.358 e. The second-order valence-corrected chi connectivity index (χ2v) is 4.26.